The number of likely N-dealkylation sites (tertiary alicyclic amines) is 1. The molecule has 2 fully saturated rings. The molecule has 1 saturated carbocycles. The highest BCUT2D eigenvalue weighted by Crippen LogP contribution is 2.38. The van der Waals surface area contributed by atoms with Gasteiger partial charge in [0.2, 0.25) is 0 Å². The molecule has 70 valence electrons. The molecule has 1 heterocycles. The molecule has 12 heavy (non-hydrogen) atoms. The van der Waals surface area contributed by atoms with E-state index in [0.29, 0.717) is 5.41 Å². The second-order valence-electron chi connectivity index (χ2n) is 5.58. The van der Waals surface area contributed by atoms with Crippen molar-refractivity contribution in [1.82, 2.24) is 4.90 Å². The van der Waals surface area contributed by atoms with Crippen LogP contribution in [-0.4, -0.2) is 24.0 Å². The van der Waals surface area contributed by atoms with Crippen LogP contribution in [0, 0.1) is 11.3 Å². The molecule has 2 aliphatic rings. The Labute approximate surface area is 76.1 Å². The molecule has 1 aliphatic carbocycles. The highest BCUT2D eigenvalue weighted by atomic mass is 15.2. The largest absolute Gasteiger partial charge is 0.300 e. The first kappa shape index (κ1) is 8.55. The zero-order valence-electron chi connectivity index (χ0n) is 8.64. The van der Waals surface area contributed by atoms with Gasteiger partial charge in [0.1, 0.15) is 0 Å². The standard InChI is InChI=1S/C11H21N/c1-11(2,3)9-6-7-12(8-9)10-4-5-10/h9-10H,4-8H2,1-3H3. The van der Waals surface area contributed by atoms with Crippen molar-refractivity contribution in [3.63, 3.8) is 0 Å². The smallest absolute Gasteiger partial charge is 0.00965 e. The third kappa shape index (κ3) is 1.66. The van der Waals surface area contributed by atoms with Gasteiger partial charge in [-0.05, 0) is 37.1 Å². The van der Waals surface area contributed by atoms with Crippen molar-refractivity contribution >= 4 is 0 Å². The SMILES string of the molecule is CC(C)(C)C1CCN(C2CC2)C1. The topological polar surface area (TPSA) is 3.24 Å². The van der Waals surface area contributed by atoms with Gasteiger partial charge in [-0.1, -0.05) is 20.8 Å². The van der Waals surface area contributed by atoms with E-state index < -0.39 is 0 Å². The zero-order valence-corrected chi connectivity index (χ0v) is 8.64. The van der Waals surface area contributed by atoms with Gasteiger partial charge >= 0.3 is 0 Å². The summed E-state index contributed by atoms with van der Waals surface area (Å²) in [6, 6.07) is 0.984. The fraction of sp³-hybridized carbons (Fsp3) is 1.00. The van der Waals surface area contributed by atoms with Crippen LogP contribution in [0.1, 0.15) is 40.0 Å². The second kappa shape index (κ2) is 2.73. The molecule has 0 aromatic rings. The van der Waals surface area contributed by atoms with Crippen molar-refractivity contribution in [3.8, 4) is 0 Å². The van der Waals surface area contributed by atoms with Gasteiger partial charge in [0.25, 0.3) is 0 Å². The average molecular weight is 167 g/mol. The van der Waals surface area contributed by atoms with E-state index in [1.165, 1.54) is 32.4 Å². The average Bonchev–Trinajstić information content (AvgIpc) is 2.66. The maximum atomic E-state index is 2.70. The minimum Gasteiger partial charge on any atom is -0.300 e. The second-order valence-corrected chi connectivity index (χ2v) is 5.58. The Bertz CT molecular complexity index is 164. The van der Waals surface area contributed by atoms with Crippen LogP contribution in [0.25, 0.3) is 0 Å². The number of nitrogens with zero attached hydrogens (tertiary/aromatic N) is 1. The molecule has 0 aromatic heterocycles. The van der Waals surface area contributed by atoms with Crippen molar-refractivity contribution in [2.75, 3.05) is 13.1 Å². The summed E-state index contributed by atoms with van der Waals surface area (Å²) in [4.78, 5) is 2.70. The van der Waals surface area contributed by atoms with E-state index in [4.69, 9.17) is 0 Å². The van der Waals surface area contributed by atoms with Crippen LogP contribution in [0.5, 0.6) is 0 Å². The van der Waals surface area contributed by atoms with E-state index >= 15 is 0 Å². The first-order valence-corrected chi connectivity index (χ1v) is 5.31. The van der Waals surface area contributed by atoms with Gasteiger partial charge in [-0.3, -0.25) is 0 Å². The van der Waals surface area contributed by atoms with Crippen LogP contribution >= 0.6 is 0 Å². The van der Waals surface area contributed by atoms with Crippen LogP contribution in [0.2, 0.25) is 0 Å². The third-order valence-electron chi connectivity index (χ3n) is 3.51. The molecular weight excluding hydrogens is 146 g/mol. The lowest BCUT2D eigenvalue weighted by Gasteiger charge is -2.27. The van der Waals surface area contributed by atoms with E-state index in [1.807, 2.05) is 0 Å². The summed E-state index contributed by atoms with van der Waals surface area (Å²) in [5, 5.41) is 0. The van der Waals surface area contributed by atoms with Gasteiger partial charge in [0.15, 0.2) is 0 Å². The van der Waals surface area contributed by atoms with Gasteiger partial charge in [0, 0.05) is 12.6 Å². The minimum absolute atomic E-state index is 0.531. The van der Waals surface area contributed by atoms with E-state index in [0.717, 1.165) is 12.0 Å². The quantitative estimate of drug-likeness (QED) is 0.580. The van der Waals surface area contributed by atoms with Gasteiger partial charge in [-0.2, -0.15) is 0 Å². The molecule has 0 amide bonds. The normalized spacial score (nSPS) is 32.8. The molecule has 1 unspecified atom stereocenters. The minimum atomic E-state index is 0.531. The highest BCUT2D eigenvalue weighted by molar-refractivity contribution is 4.92. The Morgan fingerprint density at radius 1 is 1.08 bits per heavy atom. The Kier molecular flexibility index (Phi) is 1.95. The molecule has 0 aromatic carbocycles. The third-order valence-corrected chi connectivity index (χ3v) is 3.51. The van der Waals surface area contributed by atoms with E-state index in [2.05, 4.69) is 25.7 Å². The fourth-order valence-electron chi connectivity index (χ4n) is 2.27. The molecule has 0 radical (unpaired) electrons. The van der Waals surface area contributed by atoms with Gasteiger partial charge in [-0.15, -0.1) is 0 Å². The maximum Gasteiger partial charge on any atom is 0.00965 e. The Morgan fingerprint density at radius 3 is 2.17 bits per heavy atom. The summed E-state index contributed by atoms with van der Waals surface area (Å²) in [6.07, 6.45) is 4.37. The summed E-state index contributed by atoms with van der Waals surface area (Å²) in [7, 11) is 0. The lowest BCUT2D eigenvalue weighted by atomic mass is 9.80. The molecule has 0 N–H and O–H groups in total. The Balaban J connectivity index is 1.88. The molecule has 1 atom stereocenters. The molecule has 1 heteroatoms. The predicted octanol–water partition coefficient (Wildman–Crippen LogP) is 2.52. The van der Waals surface area contributed by atoms with Crippen LogP contribution in [-0.2, 0) is 0 Å². The van der Waals surface area contributed by atoms with Crippen molar-refractivity contribution in [3.05, 3.63) is 0 Å². The van der Waals surface area contributed by atoms with Crippen LogP contribution in [0.4, 0.5) is 0 Å². The predicted molar refractivity (Wildman–Crippen MR) is 52.2 cm³/mol. The summed E-state index contributed by atoms with van der Waals surface area (Å²) in [5.74, 6) is 0.943. The summed E-state index contributed by atoms with van der Waals surface area (Å²) < 4.78 is 0. The monoisotopic (exact) mass is 167 g/mol. The van der Waals surface area contributed by atoms with Crippen LogP contribution in [0.3, 0.4) is 0 Å². The van der Waals surface area contributed by atoms with Crippen molar-refractivity contribution in [2.24, 2.45) is 11.3 Å². The zero-order chi connectivity index (χ0) is 8.77. The van der Waals surface area contributed by atoms with Crippen molar-refractivity contribution < 1.29 is 0 Å². The Morgan fingerprint density at radius 2 is 1.75 bits per heavy atom. The maximum absolute atomic E-state index is 2.70. The molecule has 1 saturated heterocycles. The molecule has 1 nitrogen and oxygen atoms in total. The number of hydrogen-bond acceptors (Lipinski definition) is 1. The van der Waals surface area contributed by atoms with E-state index in [1.54, 1.807) is 0 Å². The first-order chi connectivity index (χ1) is 5.57. The van der Waals surface area contributed by atoms with Gasteiger partial charge < -0.3 is 4.90 Å². The molecular formula is C11H21N. The van der Waals surface area contributed by atoms with Crippen molar-refractivity contribution in [1.29, 1.82) is 0 Å². The Hall–Kier alpha value is -0.0400. The summed E-state index contributed by atoms with van der Waals surface area (Å²) in [6.45, 7) is 9.89. The summed E-state index contributed by atoms with van der Waals surface area (Å²) >= 11 is 0. The summed E-state index contributed by atoms with van der Waals surface area (Å²) in [5.41, 5.74) is 0.531. The highest BCUT2D eigenvalue weighted by Gasteiger charge is 2.38. The molecule has 1 aliphatic heterocycles. The lowest BCUT2D eigenvalue weighted by molar-refractivity contribution is 0.226. The molecule has 2 rings (SSSR count). The molecule has 0 spiro atoms. The van der Waals surface area contributed by atoms with Gasteiger partial charge in [0.05, 0.1) is 0 Å². The van der Waals surface area contributed by atoms with Crippen LogP contribution in [0.15, 0.2) is 0 Å². The first-order valence-electron chi connectivity index (χ1n) is 5.31. The molecule has 0 bridgehead atoms. The fourth-order valence-corrected chi connectivity index (χ4v) is 2.27. The van der Waals surface area contributed by atoms with Gasteiger partial charge in [-0.25, -0.2) is 0 Å². The number of rotatable bonds is 1. The van der Waals surface area contributed by atoms with E-state index in [9.17, 15) is 0 Å². The van der Waals surface area contributed by atoms with Crippen molar-refractivity contribution in [2.45, 2.75) is 46.1 Å². The van der Waals surface area contributed by atoms with E-state index in [-0.39, 0.29) is 0 Å². The number of hydrogen-bond donors (Lipinski definition) is 0. The van der Waals surface area contributed by atoms with Crippen LogP contribution < -0.4 is 0 Å². The lowest BCUT2D eigenvalue weighted by Crippen LogP contribution is -2.27.